The first-order valence-electron chi connectivity index (χ1n) is 13.0. The summed E-state index contributed by atoms with van der Waals surface area (Å²) in [6, 6.07) is 20.1. The lowest BCUT2D eigenvalue weighted by Gasteiger charge is -2.26. The van der Waals surface area contributed by atoms with Crippen LogP contribution < -0.4 is 9.64 Å². The lowest BCUT2D eigenvalue weighted by molar-refractivity contribution is -0.112. The summed E-state index contributed by atoms with van der Waals surface area (Å²) in [6.07, 6.45) is 3.86. The van der Waals surface area contributed by atoms with E-state index in [4.69, 9.17) is 21.1 Å². The van der Waals surface area contributed by atoms with Crippen molar-refractivity contribution in [3.05, 3.63) is 89.1 Å². The van der Waals surface area contributed by atoms with Crippen LogP contribution in [-0.4, -0.2) is 63.2 Å². The van der Waals surface area contributed by atoms with E-state index in [9.17, 15) is 13.2 Å². The Morgan fingerprint density at radius 2 is 1.77 bits per heavy atom. The molecule has 4 aromatic rings. The number of carbonyl (C=O) groups is 1. The van der Waals surface area contributed by atoms with Crippen molar-refractivity contribution in [2.24, 2.45) is 0 Å². The Labute approximate surface area is 238 Å². The van der Waals surface area contributed by atoms with Crippen LogP contribution >= 0.6 is 11.6 Å². The first-order valence-corrected chi connectivity index (χ1v) is 14.8. The predicted molar refractivity (Wildman–Crippen MR) is 156 cm³/mol. The van der Waals surface area contributed by atoms with Crippen molar-refractivity contribution in [1.82, 2.24) is 8.87 Å². The van der Waals surface area contributed by atoms with Crippen molar-refractivity contribution in [2.45, 2.75) is 11.4 Å². The topological polar surface area (TPSA) is 81.1 Å². The third-order valence-corrected chi connectivity index (χ3v) is 9.44. The van der Waals surface area contributed by atoms with Gasteiger partial charge in [0.15, 0.2) is 0 Å². The predicted octanol–water partition coefficient (Wildman–Crippen LogP) is 4.91. The Morgan fingerprint density at radius 3 is 2.55 bits per heavy atom. The van der Waals surface area contributed by atoms with E-state index in [0.717, 1.165) is 22.2 Å². The molecule has 2 aliphatic heterocycles. The van der Waals surface area contributed by atoms with Crippen LogP contribution in [0.2, 0.25) is 5.02 Å². The van der Waals surface area contributed by atoms with Gasteiger partial charge in [-0.25, -0.2) is 8.42 Å². The lowest BCUT2D eigenvalue weighted by atomic mass is 10.0. The van der Waals surface area contributed by atoms with Gasteiger partial charge < -0.3 is 18.9 Å². The lowest BCUT2D eigenvalue weighted by Crippen LogP contribution is -2.40. The number of sulfonamides is 1. The van der Waals surface area contributed by atoms with Gasteiger partial charge in [-0.1, -0.05) is 29.8 Å². The molecule has 10 heteroatoms. The quantitative estimate of drug-likeness (QED) is 0.292. The van der Waals surface area contributed by atoms with Crippen LogP contribution in [-0.2, 0) is 26.1 Å². The molecule has 0 spiro atoms. The molecule has 206 valence electrons. The Bertz CT molecular complexity index is 1720. The van der Waals surface area contributed by atoms with Crippen molar-refractivity contribution in [2.75, 3.05) is 44.9 Å². The molecule has 0 bridgehead atoms. The number of morpholine rings is 1. The van der Waals surface area contributed by atoms with Gasteiger partial charge in [0.1, 0.15) is 12.4 Å². The number of benzene rings is 3. The molecule has 1 saturated heterocycles. The van der Waals surface area contributed by atoms with Crippen LogP contribution in [0.15, 0.2) is 77.8 Å². The first kappa shape index (κ1) is 26.6. The monoisotopic (exact) mass is 577 g/mol. The smallest absolute Gasteiger partial charge is 0.258 e. The van der Waals surface area contributed by atoms with E-state index in [1.54, 1.807) is 42.3 Å². The fourth-order valence-corrected chi connectivity index (χ4v) is 6.75. The summed E-state index contributed by atoms with van der Waals surface area (Å²) in [5.41, 5.74) is 3.61. The van der Waals surface area contributed by atoms with Gasteiger partial charge in [0.25, 0.3) is 5.91 Å². The minimum Gasteiger partial charge on any atom is -0.492 e. The number of likely N-dealkylation sites (N-methyl/N-ethyl adjacent to an activating group) is 1. The van der Waals surface area contributed by atoms with Crippen LogP contribution in [0.1, 0.15) is 11.1 Å². The molecule has 1 aromatic heterocycles. The molecule has 2 aliphatic rings. The highest BCUT2D eigenvalue weighted by atomic mass is 35.5. The second-order valence-corrected chi connectivity index (χ2v) is 12.1. The number of hydrogen-bond donors (Lipinski definition) is 0. The summed E-state index contributed by atoms with van der Waals surface area (Å²) < 4.78 is 41.4. The number of aromatic nitrogens is 1. The van der Waals surface area contributed by atoms with Gasteiger partial charge in [-0.15, -0.1) is 0 Å². The van der Waals surface area contributed by atoms with Gasteiger partial charge >= 0.3 is 0 Å². The zero-order valence-electron chi connectivity index (χ0n) is 21.9. The van der Waals surface area contributed by atoms with Crippen molar-refractivity contribution < 1.29 is 22.7 Å². The fraction of sp³-hybridized carbons (Fsp3) is 0.233. The van der Waals surface area contributed by atoms with Gasteiger partial charge in [-0.3, -0.25) is 4.79 Å². The summed E-state index contributed by atoms with van der Waals surface area (Å²) in [5, 5.41) is 1.64. The molecular formula is C30H28ClN3O5S. The van der Waals surface area contributed by atoms with Gasteiger partial charge in [0.05, 0.1) is 30.3 Å². The van der Waals surface area contributed by atoms with E-state index < -0.39 is 10.0 Å². The van der Waals surface area contributed by atoms with E-state index in [2.05, 4.69) is 4.57 Å². The average Bonchev–Trinajstić information content (AvgIpc) is 3.44. The highest BCUT2D eigenvalue weighted by Gasteiger charge is 2.33. The van der Waals surface area contributed by atoms with Crippen molar-refractivity contribution in [3.63, 3.8) is 0 Å². The number of para-hydroxylation sites is 1. The summed E-state index contributed by atoms with van der Waals surface area (Å²) in [6.45, 7) is 2.39. The number of carbonyl (C=O) groups excluding carboxylic acids is 1. The van der Waals surface area contributed by atoms with Crippen LogP contribution in [0.25, 0.3) is 22.6 Å². The molecule has 1 fully saturated rings. The summed E-state index contributed by atoms with van der Waals surface area (Å²) in [5.74, 6) is 0.557. The number of nitrogens with zero attached hydrogens (tertiary/aromatic N) is 3. The molecule has 0 aliphatic carbocycles. The molecule has 0 N–H and O–H groups in total. The van der Waals surface area contributed by atoms with Gasteiger partial charge in [-0.05, 0) is 54.6 Å². The van der Waals surface area contributed by atoms with E-state index in [0.29, 0.717) is 61.3 Å². The molecule has 0 saturated carbocycles. The maximum atomic E-state index is 13.4. The molecule has 0 unspecified atom stereocenters. The minimum absolute atomic E-state index is 0.170. The van der Waals surface area contributed by atoms with E-state index >= 15 is 0 Å². The number of ether oxygens (including phenoxy) is 2. The van der Waals surface area contributed by atoms with E-state index in [1.807, 2.05) is 48.7 Å². The van der Waals surface area contributed by atoms with Crippen LogP contribution in [0.4, 0.5) is 5.69 Å². The zero-order chi connectivity index (χ0) is 27.9. The molecule has 3 heterocycles. The largest absolute Gasteiger partial charge is 0.492 e. The molecule has 3 aromatic carbocycles. The Kier molecular flexibility index (Phi) is 7.14. The highest BCUT2D eigenvalue weighted by molar-refractivity contribution is 7.89. The van der Waals surface area contributed by atoms with Crippen molar-refractivity contribution in [3.8, 4) is 5.75 Å². The van der Waals surface area contributed by atoms with Crippen molar-refractivity contribution in [1.29, 1.82) is 0 Å². The number of hydrogen-bond acceptors (Lipinski definition) is 5. The van der Waals surface area contributed by atoms with Crippen molar-refractivity contribution >= 4 is 55.8 Å². The Hall–Kier alpha value is -3.63. The van der Waals surface area contributed by atoms with Gasteiger partial charge in [0.2, 0.25) is 10.0 Å². The van der Waals surface area contributed by atoms with E-state index in [-0.39, 0.29) is 10.8 Å². The summed E-state index contributed by atoms with van der Waals surface area (Å²) >= 11 is 5.97. The molecule has 0 atom stereocenters. The molecule has 8 nitrogen and oxygen atoms in total. The van der Waals surface area contributed by atoms with Crippen LogP contribution in [0.3, 0.4) is 0 Å². The second kappa shape index (κ2) is 10.7. The molecule has 40 heavy (non-hydrogen) atoms. The highest BCUT2D eigenvalue weighted by Crippen LogP contribution is 2.39. The zero-order valence-corrected chi connectivity index (χ0v) is 23.5. The van der Waals surface area contributed by atoms with Crippen LogP contribution in [0, 0.1) is 0 Å². The Balaban J connectivity index is 1.34. The number of amides is 1. The van der Waals surface area contributed by atoms with Gasteiger partial charge in [-0.2, -0.15) is 4.31 Å². The maximum absolute atomic E-state index is 13.4. The van der Waals surface area contributed by atoms with E-state index in [1.165, 1.54) is 4.31 Å². The number of fused-ring (bicyclic) bond motifs is 2. The molecule has 0 radical (unpaired) electrons. The summed E-state index contributed by atoms with van der Waals surface area (Å²) in [7, 11) is -2.01. The normalized spacial score (nSPS) is 17.1. The molecule has 1 amide bonds. The minimum atomic E-state index is -3.71. The number of halogens is 1. The van der Waals surface area contributed by atoms with Gasteiger partial charge in [0, 0.05) is 59.0 Å². The third kappa shape index (κ3) is 4.90. The van der Waals surface area contributed by atoms with Crippen LogP contribution in [0.5, 0.6) is 5.75 Å². The fourth-order valence-electron chi connectivity index (χ4n) is 5.19. The first-order chi connectivity index (χ1) is 19.3. The second-order valence-electron chi connectivity index (χ2n) is 9.71. The molecule has 6 rings (SSSR count). The third-order valence-electron chi connectivity index (χ3n) is 7.30. The molecular weight excluding hydrogens is 550 g/mol. The maximum Gasteiger partial charge on any atom is 0.258 e. The summed E-state index contributed by atoms with van der Waals surface area (Å²) in [4.78, 5) is 15.1. The number of anilines is 1. The average molecular weight is 578 g/mol. The standard InChI is InChI=1S/C30H28ClN3O5S/c1-32-28-11-10-24(40(36,37)34-13-15-38-16-14-34)19-26(28)27(30(32)35)18-21-20-33(29-5-3-2-4-25(21)29)12-17-39-23-8-6-22(31)7-9-23/h2-11,18-20H,12-17H2,1H3. The SMILES string of the molecule is CN1C(=O)C(=Cc2cn(CCOc3ccc(Cl)cc3)c3ccccc23)c2cc(S(=O)(=O)N3CCOCC3)ccc21. The Morgan fingerprint density at radius 1 is 1.02 bits per heavy atom. The number of rotatable bonds is 7.